The second-order valence-corrected chi connectivity index (χ2v) is 1.18. The fraction of sp³-hybridized carbons (Fsp3) is 0.600. The summed E-state index contributed by atoms with van der Waals surface area (Å²) in [6, 6.07) is 0. The summed E-state index contributed by atoms with van der Waals surface area (Å²) in [5, 5.41) is 6.94. The standard InChI is InChI=1S/C5H10N2O2/c1-8-6-4-3-5-7-9-2/h4-5H,3H2,1-2H3/b6-4-,7-5+. The molecule has 0 aliphatic rings. The maximum atomic E-state index is 4.39. The summed E-state index contributed by atoms with van der Waals surface area (Å²) in [5.74, 6) is 0. The van der Waals surface area contributed by atoms with Gasteiger partial charge in [-0.3, -0.25) is 0 Å². The van der Waals surface area contributed by atoms with Crippen molar-refractivity contribution < 1.29 is 9.68 Å². The molecule has 0 saturated heterocycles. The molecule has 0 unspecified atom stereocenters. The van der Waals surface area contributed by atoms with Gasteiger partial charge in [-0.15, -0.1) is 0 Å². The molecule has 0 fully saturated rings. The number of hydrogen-bond donors (Lipinski definition) is 0. The Kier molecular flexibility index (Phi) is 6.12. The lowest BCUT2D eigenvalue weighted by Crippen LogP contribution is -1.79. The van der Waals surface area contributed by atoms with Gasteiger partial charge in [0.2, 0.25) is 0 Å². The molecule has 0 spiro atoms. The second-order valence-electron chi connectivity index (χ2n) is 1.18. The zero-order valence-electron chi connectivity index (χ0n) is 5.57. The molecule has 0 aliphatic carbocycles. The normalized spacial score (nSPS) is 10.9. The number of oxime groups is 2. The molecule has 4 nitrogen and oxygen atoms in total. The van der Waals surface area contributed by atoms with Crippen LogP contribution in [0.15, 0.2) is 10.3 Å². The van der Waals surface area contributed by atoms with Gasteiger partial charge in [0.1, 0.15) is 14.2 Å². The van der Waals surface area contributed by atoms with Gasteiger partial charge < -0.3 is 9.68 Å². The summed E-state index contributed by atoms with van der Waals surface area (Å²) in [4.78, 5) is 8.78. The molecular weight excluding hydrogens is 120 g/mol. The van der Waals surface area contributed by atoms with Crippen molar-refractivity contribution in [3.8, 4) is 0 Å². The van der Waals surface area contributed by atoms with Crippen molar-refractivity contribution in [3.05, 3.63) is 0 Å². The molecule has 0 amide bonds. The lowest BCUT2D eigenvalue weighted by Gasteiger charge is -1.83. The van der Waals surface area contributed by atoms with Gasteiger partial charge in [-0.1, -0.05) is 10.3 Å². The SMILES string of the molecule is CO/N=C\C/C=N/OC. The largest absolute Gasteiger partial charge is 0.399 e. The molecule has 52 valence electrons. The van der Waals surface area contributed by atoms with Crippen molar-refractivity contribution in [2.24, 2.45) is 10.3 Å². The van der Waals surface area contributed by atoms with Crippen molar-refractivity contribution in [1.29, 1.82) is 0 Å². The van der Waals surface area contributed by atoms with Gasteiger partial charge in [-0.05, 0) is 0 Å². The van der Waals surface area contributed by atoms with Gasteiger partial charge in [-0.25, -0.2) is 0 Å². The number of rotatable bonds is 4. The summed E-state index contributed by atoms with van der Waals surface area (Å²) in [6.45, 7) is 0. The second kappa shape index (κ2) is 6.94. The van der Waals surface area contributed by atoms with Crippen LogP contribution in [0.1, 0.15) is 6.42 Å². The fourth-order valence-electron chi connectivity index (χ4n) is 0.282. The third-order valence-corrected chi connectivity index (χ3v) is 0.571. The molecule has 0 bridgehead atoms. The molecule has 0 heterocycles. The Morgan fingerprint density at radius 3 is 1.89 bits per heavy atom. The Labute approximate surface area is 54.1 Å². The molecule has 9 heavy (non-hydrogen) atoms. The van der Waals surface area contributed by atoms with E-state index in [9.17, 15) is 0 Å². The van der Waals surface area contributed by atoms with Crippen molar-refractivity contribution in [2.75, 3.05) is 14.2 Å². The van der Waals surface area contributed by atoms with Gasteiger partial charge in [0, 0.05) is 18.9 Å². The average molecular weight is 130 g/mol. The van der Waals surface area contributed by atoms with E-state index >= 15 is 0 Å². The molecule has 0 aromatic rings. The third-order valence-electron chi connectivity index (χ3n) is 0.571. The van der Waals surface area contributed by atoms with Crippen LogP contribution in [0.5, 0.6) is 0 Å². The maximum Gasteiger partial charge on any atom is 0.106 e. The van der Waals surface area contributed by atoms with E-state index in [0.29, 0.717) is 6.42 Å². The van der Waals surface area contributed by atoms with E-state index in [1.807, 2.05) is 0 Å². The van der Waals surface area contributed by atoms with E-state index in [2.05, 4.69) is 20.0 Å². The Morgan fingerprint density at radius 2 is 1.56 bits per heavy atom. The van der Waals surface area contributed by atoms with Gasteiger partial charge in [0.25, 0.3) is 0 Å². The predicted octanol–water partition coefficient (Wildman–Crippen LogP) is 0.641. The highest BCUT2D eigenvalue weighted by Gasteiger charge is 1.70. The van der Waals surface area contributed by atoms with Crippen LogP contribution in [-0.4, -0.2) is 26.6 Å². The van der Waals surface area contributed by atoms with Crippen LogP contribution in [-0.2, 0) is 9.68 Å². The number of nitrogens with zero attached hydrogens (tertiary/aromatic N) is 2. The van der Waals surface area contributed by atoms with Crippen LogP contribution in [0, 0.1) is 0 Å². The quantitative estimate of drug-likeness (QED) is 0.414. The Hall–Kier alpha value is -1.06. The molecule has 0 aliphatic heterocycles. The molecule has 0 saturated carbocycles. The average Bonchev–Trinajstić information content (AvgIpc) is 1.89. The zero-order valence-corrected chi connectivity index (χ0v) is 5.57. The summed E-state index contributed by atoms with van der Waals surface area (Å²) < 4.78 is 0. The lowest BCUT2D eigenvalue weighted by molar-refractivity contribution is 0.213. The molecule has 0 aromatic carbocycles. The van der Waals surface area contributed by atoms with Gasteiger partial charge in [-0.2, -0.15) is 0 Å². The first-order valence-electron chi connectivity index (χ1n) is 2.51. The van der Waals surface area contributed by atoms with Crippen LogP contribution in [0.2, 0.25) is 0 Å². The van der Waals surface area contributed by atoms with E-state index in [1.165, 1.54) is 14.2 Å². The smallest absolute Gasteiger partial charge is 0.106 e. The molecular formula is C5H10N2O2. The molecule has 0 rings (SSSR count). The summed E-state index contributed by atoms with van der Waals surface area (Å²) in [6.07, 6.45) is 3.80. The third kappa shape index (κ3) is 6.94. The Morgan fingerprint density at radius 1 is 1.11 bits per heavy atom. The summed E-state index contributed by atoms with van der Waals surface area (Å²) in [5.41, 5.74) is 0. The van der Waals surface area contributed by atoms with Gasteiger partial charge >= 0.3 is 0 Å². The summed E-state index contributed by atoms with van der Waals surface area (Å²) >= 11 is 0. The Bertz CT molecular complexity index is 89.1. The highest BCUT2D eigenvalue weighted by Crippen LogP contribution is 1.71. The van der Waals surface area contributed by atoms with Crippen LogP contribution in [0.3, 0.4) is 0 Å². The van der Waals surface area contributed by atoms with E-state index in [0.717, 1.165) is 0 Å². The Balaban J connectivity index is 3.08. The topological polar surface area (TPSA) is 43.2 Å². The number of hydrogen-bond acceptors (Lipinski definition) is 4. The minimum Gasteiger partial charge on any atom is -0.399 e. The first-order valence-corrected chi connectivity index (χ1v) is 2.51. The predicted molar refractivity (Wildman–Crippen MR) is 35.6 cm³/mol. The zero-order chi connectivity index (χ0) is 6.95. The molecule has 0 atom stereocenters. The van der Waals surface area contributed by atoms with E-state index in [4.69, 9.17) is 0 Å². The minimum atomic E-state index is 0.627. The first-order chi connectivity index (χ1) is 4.41. The van der Waals surface area contributed by atoms with Crippen molar-refractivity contribution in [3.63, 3.8) is 0 Å². The molecule has 0 N–H and O–H groups in total. The van der Waals surface area contributed by atoms with Crippen molar-refractivity contribution >= 4 is 12.4 Å². The van der Waals surface area contributed by atoms with Gasteiger partial charge in [0.15, 0.2) is 0 Å². The monoisotopic (exact) mass is 130 g/mol. The minimum absolute atomic E-state index is 0.627. The van der Waals surface area contributed by atoms with Crippen molar-refractivity contribution in [1.82, 2.24) is 0 Å². The molecule has 0 aromatic heterocycles. The molecule has 0 radical (unpaired) electrons. The first kappa shape index (κ1) is 7.94. The van der Waals surface area contributed by atoms with E-state index < -0.39 is 0 Å². The van der Waals surface area contributed by atoms with E-state index in [-0.39, 0.29) is 0 Å². The molecule has 4 heteroatoms. The summed E-state index contributed by atoms with van der Waals surface area (Å²) in [7, 11) is 2.98. The van der Waals surface area contributed by atoms with Gasteiger partial charge in [0.05, 0.1) is 0 Å². The maximum absolute atomic E-state index is 4.39. The van der Waals surface area contributed by atoms with Crippen LogP contribution in [0.4, 0.5) is 0 Å². The van der Waals surface area contributed by atoms with Crippen LogP contribution >= 0.6 is 0 Å². The van der Waals surface area contributed by atoms with Crippen molar-refractivity contribution in [2.45, 2.75) is 6.42 Å². The lowest BCUT2D eigenvalue weighted by atomic mass is 10.5. The fourth-order valence-corrected chi connectivity index (χ4v) is 0.282. The highest BCUT2D eigenvalue weighted by atomic mass is 16.6. The highest BCUT2D eigenvalue weighted by molar-refractivity contribution is 5.78. The van der Waals surface area contributed by atoms with Crippen LogP contribution < -0.4 is 0 Å². The van der Waals surface area contributed by atoms with E-state index in [1.54, 1.807) is 12.4 Å². The van der Waals surface area contributed by atoms with Crippen LogP contribution in [0.25, 0.3) is 0 Å².